The maximum atomic E-state index is 12.0. The number of nitro groups is 1. The Labute approximate surface area is 123 Å². The molecule has 110 valence electrons. The molecule has 1 heterocycles. The Hall–Kier alpha value is -3.54. The Balaban J connectivity index is 2.32. The summed E-state index contributed by atoms with van der Waals surface area (Å²) in [6.07, 6.45) is 0. The van der Waals surface area contributed by atoms with Crippen LogP contribution in [0.15, 0.2) is 35.1 Å². The Morgan fingerprint density at radius 2 is 2.14 bits per heavy atom. The Morgan fingerprint density at radius 1 is 1.41 bits per heavy atom. The first-order valence-corrected chi connectivity index (χ1v) is 5.96. The van der Waals surface area contributed by atoms with E-state index < -0.39 is 10.8 Å². The van der Waals surface area contributed by atoms with E-state index in [1.165, 1.54) is 31.3 Å². The Kier molecular flexibility index (Phi) is 3.94. The first-order chi connectivity index (χ1) is 10.4. The number of aryl methyl sites for hydroxylation is 1. The first-order valence-electron chi connectivity index (χ1n) is 5.96. The lowest BCUT2D eigenvalue weighted by Gasteiger charge is -2.07. The van der Waals surface area contributed by atoms with E-state index in [4.69, 9.17) is 5.26 Å². The topological polar surface area (TPSA) is 131 Å². The van der Waals surface area contributed by atoms with Gasteiger partial charge in [0.2, 0.25) is 0 Å². The summed E-state index contributed by atoms with van der Waals surface area (Å²) in [5.74, 6) is -0.638. The summed E-state index contributed by atoms with van der Waals surface area (Å²) in [7, 11) is 1.39. The van der Waals surface area contributed by atoms with Crippen LogP contribution in [-0.2, 0) is 7.05 Å². The van der Waals surface area contributed by atoms with Crippen LogP contribution in [0.1, 0.15) is 16.1 Å². The van der Waals surface area contributed by atoms with Gasteiger partial charge in [-0.15, -0.1) is 0 Å². The minimum Gasteiger partial charge on any atom is -0.319 e. The average molecular weight is 299 g/mol. The summed E-state index contributed by atoms with van der Waals surface area (Å²) in [6, 6.07) is 7.69. The van der Waals surface area contributed by atoms with Gasteiger partial charge in [0.05, 0.1) is 16.2 Å². The average Bonchev–Trinajstić information content (AvgIpc) is 2.50. The third kappa shape index (κ3) is 2.96. The normalized spacial score (nSPS) is 9.82. The highest BCUT2D eigenvalue weighted by atomic mass is 16.6. The predicted molar refractivity (Wildman–Crippen MR) is 75.2 cm³/mol. The number of rotatable bonds is 3. The van der Waals surface area contributed by atoms with Gasteiger partial charge in [-0.1, -0.05) is 0 Å². The SMILES string of the molecule is Cn1nc(C(=O)Nc2ccc([N+](=O)[O-])cc2C#N)ccc1=O. The van der Waals surface area contributed by atoms with Crippen molar-refractivity contribution in [3.8, 4) is 6.07 Å². The van der Waals surface area contributed by atoms with E-state index in [9.17, 15) is 19.7 Å². The lowest BCUT2D eigenvalue weighted by Crippen LogP contribution is -2.23. The summed E-state index contributed by atoms with van der Waals surface area (Å²) in [5, 5.41) is 25.9. The first kappa shape index (κ1) is 14.9. The molecule has 1 aromatic carbocycles. The van der Waals surface area contributed by atoms with Crippen molar-refractivity contribution in [2.45, 2.75) is 0 Å². The lowest BCUT2D eigenvalue weighted by atomic mass is 10.1. The van der Waals surface area contributed by atoms with Gasteiger partial charge in [-0.3, -0.25) is 19.7 Å². The van der Waals surface area contributed by atoms with Crippen LogP contribution in [0.3, 0.4) is 0 Å². The number of benzene rings is 1. The largest absolute Gasteiger partial charge is 0.319 e. The molecule has 2 rings (SSSR count). The van der Waals surface area contributed by atoms with E-state index in [2.05, 4.69) is 10.4 Å². The number of nitro benzene ring substituents is 1. The van der Waals surface area contributed by atoms with Gasteiger partial charge < -0.3 is 5.32 Å². The van der Waals surface area contributed by atoms with Crippen LogP contribution in [-0.4, -0.2) is 20.6 Å². The molecule has 22 heavy (non-hydrogen) atoms. The molecule has 0 spiro atoms. The van der Waals surface area contributed by atoms with E-state index in [0.717, 1.165) is 10.7 Å². The van der Waals surface area contributed by atoms with E-state index in [0.29, 0.717) is 0 Å². The van der Waals surface area contributed by atoms with Crippen LogP contribution >= 0.6 is 0 Å². The second-order valence-corrected chi connectivity index (χ2v) is 4.23. The number of nitrogens with one attached hydrogen (secondary N) is 1. The number of nitrogens with zero attached hydrogens (tertiary/aromatic N) is 4. The summed E-state index contributed by atoms with van der Waals surface area (Å²) in [5.41, 5.74) is -0.579. The van der Waals surface area contributed by atoms with Gasteiger partial charge in [0, 0.05) is 25.2 Å². The molecule has 0 bridgehead atoms. The van der Waals surface area contributed by atoms with Crippen molar-refractivity contribution in [2.24, 2.45) is 7.05 Å². The van der Waals surface area contributed by atoms with Crippen molar-refractivity contribution in [1.29, 1.82) is 5.26 Å². The van der Waals surface area contributed by atoms with Gasteiger partial charge in [0.1, 0.15) is 11.8 Å². The number of carbonyl (C=O) groups is 1. The maximum Gasteiger partial charge on any atom is 0.276 e. The monoisotopic (exact) mass is 299 g/mol. The van der Waals surface area contributed by atoms with Crippen molar-refractivity contribution in [3.05, 3.63) is 62.1 Å². The molecule has 0 saturated heterocycles. The van der Waals surface area contributed by atoms with Gasteiger partial charge in [0.25, 0.3) is 17.2 Å². The zero-order valence-electron chi connectivity index (χ0n) is 11.3. The van der Waals surface area contributed by atoms with Gasteiger partial charge >= 0.3 is 0 Å². The van der Waals surface area contributed by atoms with Crippen molar-refractivity contribution in [3.63, 3.8) is 0 Å². The third-order valence-corrected chi connectivity index (χ3v) is 2.78. The molecule has 2 aromatic rings. The molecule has 0 aliphatic heterocycles. The van der Waals surface area contributed by atoms with Crippen LogP contribution < -0.4 is 10.9 Å². The number of carbonyl (C=O) groups excluding carboxylic acids is 1. The quantitative estimate of drug-likeness (QED) is 0.659. The zero-order valence-corrected chi connectivity index (χ0v) is 11.3. The molecule has 0 radical (unpaired) electrons. The van der Waals surface area contributed by atoms with Crippen LogP contribution in [0.4, 0.5) is 11.4 Å². The molecule has 0 saturated carbocycles. The summed E-state index contributed by atoms with van der Waals surface area (Å²) >= 11 is 0. The third-order valence-electron chi connectivity index (χ3n) is 2.78. The Bertz CT molecular complexity index is 865. The van der Waals surface area contributed by atoms with Gasteiger partial charge in [-0.25, -0.2) is 4.68 Å². The molecule has 1 amide bonds. The highest BCUT2D eigenvalue weighted by Crippen LogP contribution is 2.21. The molecule has 9 nitrogen and oxygen atoms in total. The van der Waals surface area contributed by atoms with Crippen LogP contribution in [0.25, 0.3) is 0 Å². The fraction of sp³-hybridized carbons (Fsp3) is 0.0769. The highest BCUT2D eigenvalue weighted by molar-refractivity contribution is 6.03. The number of nitriles is 1. The molecule has 1 N–H and O–H groups in total. The molecular formula is C13H9N5O4. The fourth-order valence-corrected chi connectivity index (χ4v) is 1.66. The minimum absolute atomic E-state index is 0.0238. The second kappa shape index (κ2) is 5.84. The van der Waals surface area contributed by atoms with Crippen LogP contribution in [0.2, 0.25) is 0 Å². The number of hydrogen-bond donors (Lipinski definition) is 1. The highest BCUT2D eigenvalue weighted by Gasteiger charge is 2.14. The Morgan fingerprint density at radius 3 is 2.73 bits per heavy atom. The van der Waals surface area contributed by atoms with Crippen molar-refractivity contribution >= 4 is 17.3 Å². The van der Waals surface area contributed by atoms with E-state index >= 15 is 0 Å². The molecule has 0 aliphatic rings. The van der Waals surface area contributed by atoms with Gasteiger partial charge in [0.15, 0.2) is 0 Å². The van der Waals surface area contributed by atoms with Gasteiger partial charge in [-0.2, -0.15) is 10.4 Å². The molecule has 0 fully saturated rings. The zero-order chi connectivity index (χ0) is 16.3. The lowest BCUT2D eigenvalue weighted by molar-refractivity contribution is -0.384. The molecule has 0 atom stereocenters. The van der Waals surface area contributed by atoms with Crippen LogP contribution in [0, 0.1) is 21.4 Å². The number of hydrogen-bond acceptors (Lipinski definition) is 6. The number of aromatic nitrogens is 2. The maximum absolute atomic E-state index is 12.0. The summed E-state index contributed by atoms with van der Waals surface area (Å²) in [4.78, 5) is 33.3. The summed E-state index contributed by atoms with van der Waals surface area (Å²) in [6.45, 7) is 0. The fourth-order valence-electron chi connectivity index (χ4n) is 1.66. The molecule has 0 unspecified atom stereocenters. The summed E-state index contributed by atoms with van der Waals surface area (Å²) < 4.78 is 0.996. The van der Waals surface area contributed by atoms with E-state index in [1.54, 1.807) is 6.07 Å². The van der Waals surface area contributed by atoms with Gasteiger partial charge in [-0.05, 0) is 12.1 Å². The predicted octanol–water partition coefficient (Wildman–Crippen LogP) is 0.812. The van der Waals surface area contributed by atoms with Crippen molar-refractivity contribution in [2.75, 3.05) is 5.32 Å². The van der Waals surface area contributed by atoms with Crippen molar-refractivity contribution in [1.82, 2.24) is 9.78 Å². The molecule has 9 heteroatoms. The van der Waals surface area contributed by atoms with Crippen molar-refractivity contribution < 1.29 is 9.72 Å². The number of non-ortho nitro benzene ring substituents is 1. The molecule has 0 aliphatic carbocycles. The molecular weight excluding hydrogens is 290 g/mol. The van der Waals surface area contributed by atoms with E-state index in [1.807, 2.05) is 0 Å². The van der Waals surface area contributed by atoms with E-state index in [-0.39, 0.29) is 28.2 Å². The number of amides is 1. The minimum atomic E-state index is -0.638. The standard InChI is InChI=1S/C13H9N5O4/c1-17-12(19)5-4-11(16-17)13(20)15-10-3-2-9(18(21)22)6-8(10)7-14/h2-6H,1H3,(H,15,20). The number of anilines is 1. The van der Waals surface area contributed by atoms with Crippen LogP contribution in [0.5, 0.6) is 0 Å². The molecule has 1 aromatic heterocycles. The smallest absolute Gasteiger partial charge is 0.276 e. The second-order valence-electron chi connectivity index (χ2n) is 4.23.